The summed E-state index contributed by atoms with van der Waals surface area (Å²) >= 11 is 6.09. The van der Waals surface area contributed by atoms with Gasteiger partial charge in [-0.15, -0.1) is 0 Å². The molecule has 0 saturated carbocycles. The van der Waals surface area contributed by atoms with Crippen LogP contribution < -0.4 is 14.9 Å². The standard InChI is InChI=1S/C32H34ClFN4O4S/c1-43(41,42)38-20-32(26-4-2-3-5-29(26)38)12-14-37(15-13-32)31(40)28(16-21-6-9-24(33)10-7-21)36-30(39)27-18-22-8-11-25(34)17-23(22)19-35-27/h2-11,17,27-28,35H,12-16,18-20H2,1H3,(H,36,39)/t27-,28-/m0/s1. The maximum absolute atomic E-state index is 14.0. The molecule has 2 N–H and O–H groups in total. The summed E-state index contributed by atoms with van der Waals surface area (Å²) in [6, 6.07) is 18.0. The lowest BCUT2D eigenvalue weighted by molar-refractivity contribution is -0.138. The van der Waals surface area contributed by atoms with Crippen molar-refractivity contribution in [2.24, 2.45) is 0 Å². The summed E-state index contributed by atoms with van der Waals surface area (Å²) in [5, 5.41) is 6.77. The second kappa shape index (κ2) is 11.6. The van der Waals surface area contributed by atoms with Crippen molar-refractivity contribution >= 4 is 39.1 Å². The molecule has 2 amide bonds. The highest BCUT2D eigenvalue weighted by atomic mass is 35.5. The van der Waals surface area contributed by atoms with Crippen LogP contribution in [0.15, 0.2) is 66.7 Å². The van der Waals surface area contributed by atoms with Crippen LogP contribution in [-0.4, -0.2) is 63.1 Å². The number of hydrogen-bond donors (Lipinski definition) is 2. The highest BCUT2D eigenvalue weighted by molar-refractivity contribution is 7.92. The van der Waals surface area contributed by atoms with E-state index < -0.39 is 22.1 Å². The molecule has 6 rings (SSSR count). The minimum atomic E-state index is -3.45. The van der Waals surface area contributed by atoms with Gasteiger partial charge in [-0.1, -0.05) is 48.0 Å². The van der Waals surface area contributed by atoms with Gasteiger partial charge in [0, 0.05) is 43.0 Å². The number of rotatable bonds is 6. The van der Waals surface area contributed by atoms with Crippen molar-refractivity contribution in [2.75, 3.05) is 30.2 Å². The van der Waals surface area contributed by atoms with Gasteiger partial charge >= 0.3 is 0 Å². The lowest BCUT2D eigenvalue weighted by Crippen LogP contribution is -2.57. The van der Waals surface area contributed by atoms with E-state index in [0.717, 1.165) is 22.3 Å². The largest absolute Gasteiger partial charge is 0.343 e. The number of amides is 2. The van der Waals surface area contributed by atoms with Crippen LogP contribution in [-0.2, 0) is 44.4 Å². The highest BCUT2D eigenvalue weighted by Crippen LogP contribution is 2.47. The van der Waals surface area contributed by atoms with Gasteiger partial charge in [0.05, 0.1) is 18.0 Å². The zero-order valence-corrected chi connectivity index (χ0v) is 25.4. The minimum absolute atomic E-state index is 0.178. The molecule has 43 heavy (non-hydrogen) atoms. The number of sulfonamides is 1. The molecule has 3 aliphatic rings. The van der Waals surface area contributed by atoms with Crippen LogP contribution in [0.2, 0.25) is 5.02 Å². The summed E-state index contributed by atoms with van der Waals surface area (Å²) in [6.45, 7) is 1.61. The molecule has 3 aromatic rings. The number of hydrogen-bond acceptors (Lipinski definition) is 5. The molecule has 1 saturated heterocycles. The number of carbonyl (C=O) groups excluding carboxylic acids is 2. The number of fused-ring (bicyclic) bond motifs is 3. The van der Waals surface area contributed by atoms with E-state index in [1.54, 1.807) is 23.1 Å². The number of para-hydroxylation sites is 1. The SMILES string of the molecule is CS(=O)(=O)N1CC2(CCN(C(=O)[C@H](Cc3ccc(Cl)cc3)NC(=O)[C@@H]3Cc4ccc(F)cc4CN3)CC2)c2ccccc21. The van der Waals surface area contributed by atoms with Gasteiger partial charge < -0.3 is 15.5 Å². The first kappa shape index (κ1) is 29.6. The Hall–Kier alpha value is -3.47. The van der Waals surface area contributed by atoms with Crippen LogP contribution in [0.25, 0.3) is 0 Å². The molecular formula is C32H34ClFN4O4S. The van der Waals surface area contributed by atoms with Crippen molar-refractivity contribution in [2.45, 2.75) is 49.7 Å². The second-order valence-corrected chi connectivity index (χ2v) is 14.2. The molecule has 0 aliphatic carbocycles. The summed E-state index contributed by atoms with van der Waals surface area (Å²) in [6.07, 6.45) is 3.14. The monoisotopic (exact) mass is 624 g/mol. The van der Waals surface area contributed by atoms with Gasteiger partial charge in [0.1, 0.15) is 11.9 Å². The predicted molar refractivity (Wildman–Crippen MR) is 164 cm³/mol. The zero-order chi connectivity index (χ0) is 30.4. The number of benzene rings is 3. The molecule has 2 atom stereocenters. The third kappa shape index (κ3) is 6.01. The maximum Gasteiger partial charge on any atom is 0.245 e. The first-order valence-electron chi connectivity index (χ1n) is 14.4. The van der Waals surface area contributed by atoms with Crippen molar-refractivity contribution in [3.63, 3.8) is 0 Å². The van der Waals surface area contributed by atoms with Crippen molar-refractivity contribution in [1.82, 2.24) is 15.5 Å². The van der Waals surface area contributed by atoms with Gasteiger partial charge in [-0.05, 0) is 71.8 Å². The van der Waals surface area contributed by atoms with Crippen molar-refractivity contribution in [1.29, 1.82) is 0 Å². The van der Waals surface area contributed by atoms with Crippen LogP contribution >= 0.6 is 11.6 Å². The van der Waals surface area contributed by atoms with Crippen LogP contribution in [0.5, 0.6) is 0 Å². The van der Waals surface area contributed by atoms with E-state index in [1.807, 2.05) is 36.4 Å². The van der Waals surface area contributed by atoms with E-state index in [9.17, 15) is 22.4 Å². The Morgan fingerprint density at radius 2 is 1.79 bits per heavy atom. The van der Waals surface area contributed by atoms with Gasteiger partial charge in [0.15, 0.2) is 0 Å². The topological polar surface area (TPSA) is 98.8 Å². The van der Waals surface area contributed by atoms with Crippen molar-refractivity contribution in [3.8, 4) is 0 Å². The molecule has 0 aromatic heterocycles. The average Bonchev–Trinajstić information content (AvgIpc) is 3.32. The summed E-state index contributed by atoms with van der Waals surface area (Å²) in [4.78, 5) is 29.3. The third-order valence-corrected chi connectivity index (χ3v) is 10.4. The molecule has 3 heterocycles. The number of nitrogens with one attached hydrogen (secondary N) is 2. The molecule has 0 unspecified atom stereocenters. The van der Waals surface area contributed by atoms with Crippen LogP contribution in [0, 0.1) is 5.82 Å². The Morgan fingerprint density at radius 3 is 2.51 bits per heavy atom. The molecule has 1 fully saturated rings. The molecule has 3 aliphatic heterocycles. The van der Waals surface area contributed by atoms with Gasteiger partial charge in [-0.25, -0.2) is 12.8 Å². The number of likely N-dealkylation sites (tertiary alicyclic amines) is 1. The Bertz CT molecular complexity index is 1660. The zero-order valence-electron chi connectivity index (χ0n) is 23.9. The summed E-state index contributed by atoms with van der Waals surface area (Å²) in [7, 11) is -3.45. The number of halogens is 2. The van der Waals surface area contributed by atoms with Crippen molar-refractivity contribution in [3.05, 3.63) is 99.8 Å². The lowest BCUT2D eigenvalue weighted by atomic mass is 9.74. The van der Waals surface area contributed by atoms with Crippen LogP contribution in [0.4, 0.5) is 10.1 Å². The van der Waals surface area contributed by atoms with Crippen LogP contribution in [0.1, 0.15) is 35.1 Å². The van der Waals surface area contributed by atoms with Gasteiger partial charge in [-0.3, -0.25) is 13.9 Å². The predicted octanol–water partition coefficient (Wildman–Crippen LogP) is 3.56. The van der Waals surface area contributed by atoms with E-state index in [1.165, 1.54) is 22.7 Å². The molecule has 3 aromatic carbocycles. The fourth-order valence-corrected chi connectivity index (χ4v) is 7.81. The first-order chi connectivity index (χ1) is 20.5. The summed E-state index contributed by atoms with van der Waals surface area (Å²) in [5.41, 5.74) is 3.93. The van der Waals surface area contributed by atoms with Crippen molar-refractivity contribution < 1.29 is 22.4 Å². The number of nitrogens with zero attached hydrogens (tertiary/aromatic N) is 2. The first-order valence-corrected chi connectivity index (χ1v) is 16.7. The summed E-state index contributed by atoms with van der Waals surface area (Å²) in [5.74, 6) is -0.780. The van der Waals surface area contributed by atoms with Gasteiger partial charge in [0.2, 0.25) is 21.8 Å². The minimum Gasteiger partial charge on any atom is -0.343 e. The fourth-order valence-electron chi connectivity index (χ4n) is 6.68. The third-order valence-electron chi connectivity index (χ3n) is 9.04. The molecule has 1 spiro atoms. The fraction of sp³-hybridized carbons (Fsp3) is 0.375. The number of piperidine rings is 1. The quantitative estimate of drug-likeness (QED) is 0.437. The van der Waals surface area contributed by atoms with E-state index in [2.05, 4.69) is 10.6 Å². The number of anilines is 1. The Balaban J connectivity index is 1.19. The average molecular weight is 625 g/mol. The Kier molecular flexibility index (Phi) is 7.95. The van der Waals surface area contributed by atoms with Gasteiger partial charge in [-0.2, -0.15) is 0 Å². The molecule has 0 bridgehead atoms. The van der Waals surface area contributed by atoms with Crippen LogP contribution in [0.3, 0.4) is 0 Å². The Morgan fingerprint density at radius 1 is 1.07 bits per heavy atom. The van der Waals surface area contributed by atoms with E-state index in [0.29, 0.717) is 62.6 Å². The second-order valence-electron chi connectivity index (χ2n) is 11.8. The van der Waals surface area contributed by atoms with E-state index in [4.69, 9.17) is 11.6 Å². The maximum atomic E-state index is 14.0. The molecular weight excluding hydrogens is 591 g/mol. The highest BCUT2D eigenvalue weighted by Gasteiger charge is 2.48. The molecule has 8 nitrogen and oxygen atoms in total. The van der Waals surface area contributed by atoms with Gasteiger partial charge in [0.25, 0.3) is 0 Å². The smallest absolute Gasteiger partial charge is 0.245 e. The van der Waals surface area contributed by atoms with E-state index in [-0.39, 0.29) is 23.0 Å². The molecule has 226 valence electrons. The van der Waals surface area contributed by atoms with E-state index >= 15 is 0 Å². The molecule has 11 heteroatoms. The Labute approximate surface area is 256 Å². The summed E-state index contributed by atoms with van der Waals surface area (Å²) < 4.78 is 40.3. The normalized spacial score (nSPS) is 19.9. The lowest BCUT2D eigenvalue weighted by Gasteiger charge is -2.41. The number of carbonyl (C=O) groups is 2. The molecule has 0 radical (unpaired) electrons.